The molecule has 1 amide bonds. The standard InChI is InChI=1S/C11H15NO3/c1-7-4-3-5-9(14)10(7)11(15)12-6-8(2)13/h3-5,8,13-14H,6H2,1-2H3,(H,12,15). The summed E-state index contributed by atoms with van der Waals surface area (Å²) < 4.78 is 0. The van der Waals surface area contributed by atoms with E-state index in [2.05, 4.69) is 5.32 Å². The zero-order chi connectivity index (χ0) is 11.4. The number of amides is 1. The number of benzene rings is 1. The number of nitrogens with one attached hydrogen (secondary N) is 1. The van der Waals surface area contributed by atoms with Crippen LogP contribution in [-0.4, -0.2) is 28.8 Å². The van der Waals surface area contributed by atoms with Crippen molar-refractivity contribution in [3.8, 4) is 5.75 Å². The Bertz CT molecular complexity index is 341. The lowest BCUT2D eigenvalue weighted by Gasteiger charge is -2.10. The predicted octanol–water partition coefficient (Wildman–Crippen LogP) is 0.811. The largest absolute Gasteiger partial charge is 0.507 e. The number of aromatic hydroxyl groups is 1. The van der Waals surface area contributed by atoms with Gasteiger partial charge in [-0.15, -0.1) is 0 Å². The normalized spacial score (nSPS) is 12.2. The zero-order valence-electron chi connectivity index (χ0n) is 8.82. The van der Waals surface area contributed by atoms with Gasteiger partial charge in [0.25, 0.3) is 5.91 Å². The van der Waals surface area contributed by atoms with Crippen molar-refractivity contribution in [3.63, 3.8) is 0 Å². The first-order chi connectivity index (χ1) is 7.02. The van der Waals surface area contributed by atoms with Gasteiger partial charge >= 0.3 is 0 Å². The van der Waals surface area contributed by atoms with E-state index in [-0.39, 0.29) is 23.8 Å². The molecule has 4 heteroatoms. The van der Waals surface area contributed by atoms with E-state index >= 15 is 0 Å². The maximum absolute atomic E-state index is 11.6. The van der Waals surface area contributed by atoms with Crippen LogP contribution in [0.3, 0.4) is 0 Å². The van der Waals surface area contributed by atoms with Crippen molar-refractivity contribution in [3.05, 3.63) is 29.3 Å². The van der Waals surface area contributed by atoms with Crippen molar-refractivity contribution < 1.29 is 15.0 Å². The van der Waals surface area contributed by atoms with Gasteiger partial charge in [0, 0.05) is 6.54 Å². The first-order valence-corrected chi connectivity index (χ1v) is 4.77. The van der Waals surface area contributed by atoms with Crippen LogP contribution in [0.1, 0.15) is 22.8 Å². The van der Waals surface area contributed by atoms with Crippen molar-refractivity contribution in [2.45, 2.75) is 20.0 Å². The molecule has 1 aromatic rings. The maximum Gasteiger partial charge on any atom is 0.255 e. The SMILES string of the molecule is Cc1cccc(O)c1C(=O)NCC(C)O. The quantitative estimate of drug-likeness (QED) is 0.690. The molecule has 15 heavy (non-hydrogen) atoms. The Balaban J connectivity index is 2.82. The van der Waals surface area contributed by atoms with Crippen LogP contribution in [0.15, 0.2) is 18.2 Å². The Morgan fingerprint density at radius 1 is 1.53 bits per heavy atom. The van der Waals surface area contributed by atoms with E-state index in [1.54, 1.807) is 26.0 Å². The first-order valence-electron chi connectivity index (χ1n) is 4.77. The zero-order valence-corrected chi connectivity index (χ0v) is 8.82. The van der Waals surface area contributed by atoms with Gasteiger partial charge < -0.3 is 15.5 Å². The minimum absolute atomic E-state index is 0.0434. The third-order valence-electron chi connectivity index (χ3n) is 2.04. The lowest BCUT2D eigenvalue weighted by atomic mass is 10.1. The molecular weight excluding hydrogens is 194 g/mol. The fourth-order valence-corrected chi connectivity index (χ4v) is 1.28. The molecule has 1 rings (SSSR count). The number of hydrogen-bond donors (Lipinski definition) is 3. The summed E-state index contributed by atoms with van der Waals surface area (Å²) in [7, 11) is 0. The summed E-state index contributed by atoms with van der Waals surface area (Å²) >= 11 is 0. The molecule has 0 aliphatic rings. The van der Waals surface area contributed by atoms with Crippen LogP contribution in [0.25, 0.3) is 0 Å². The highest BCUT2D eigenvalue weighted by atomic mass is 16.3. The Morgan fingerprint density at radius 3 is 2.73 bits per heavy atom. The second-order valence-corrected chi connectivity index (χ2v) is 3.53. The van der Waals surface area contributed by atoms with Crippen LogP contribution in [0.2, 0.25) is 0 Å². The molecule has 3 N–H and O–H groups in total. The molecule has 1 unspecified atom stereocenters. The van der Waals surface area contributed by atoms with Gasteiger partial charge in [-0.25, -0.2) is 0 Å². The molecule has 0 heterocycles. The second-order valence-electron chi connectivity index (χ2n) is 3.53. The molecule has 0 aliphatic heterocycles. The Morgan fingerprint density at radius 2 is 2.20 bits per heavy atom. The molecule has 0 bridgehead atoms. The third kappa shape index (κ3) is 2.95. The van der Waals surface area contributed by atoms with Gasteiger partial charge in [0.15, 0.2) is 0 Å². The molecule has 0 aliphatic carbocycles. The summed E-state index contributed by atoms with van der Waals surface area (Å²) in [5.74, 6) is -0.412. The number of aliphatic hydroxyl groups is 1. The summed E-state index contributed by atoms with van der Waals surface area (Å²) in [6, 6.07) is 4.89. The van der Waals surface area contributed by atoms with Crippen LogP contribution >= 0.6 is 0 Å². The van der Waals surface area contributed by atoms with E-state index in [9.17, 15) is 9.90 Å². The molecule has 1 aromatic carbocycles. The topological polar surface area (TPSA) is 69.6 Å². The molecule has 1 atom stereocenters. The lowest BCUT2D eigenvalue weighted by Crippen LogP contribution is -2.31. The number of phenolic OH excluding ortho intramolecular Hbond substituents is 1. The Hall–Kier alpha value is -1.55. The average molecular weight is 209 g/mol. The number of aryl methyl sites for hydroxylation is 1. The van der Waals surface area contributed by atoms with Gasteiger partial charge in [-0.05, 0) is 25.5 Å². The third-order valence-corrected chi connectivity index (χ3v) is 2.04. The molecule has 0 saturated carbocycles. The van der Waals surface area contributed by atoms with Crippen molar-refractivity contribution >= 4 is 5.91 Å². The van der Waals surface area contributed by atoms with Gasteiger partial charge in [0.05, 0.1) is 11.7 Å². The predicted molar refractivity (Wildman–Crippen MR) is 56.9 cm³/mol. The molecule has 0 radical (unpaired) electrons. The van der Waals surface area contributed by atoms with Crippen LogP contribution in [0.5, 0.6) is 5.75 Å². The number of phenols is 1. The fourth-order valence-electron chi connectivity index (χ4n) is 1.28. The van der Waals surface area contributed by atoms with E-state index in [1.165, 1.54) is 6.07 Å². The Kier molecular flexibility index (Phi) is 3.68. The van der Waals surface area contributed by atoms with E-state index in [4.69, 9.17) is 5.11 Å². The van der Waals surface area contributed by atoms with Gasteiger partial charge in [0.2, 0.25) is 0 Å². The van der Waals surface area contributed by atoms with Crippen LogP contribution in [0.4, 0.5) is 0 Å². The van der Waals surface area contributed by atoms with Crippen LogP contribution in [0, 0.1) is 6.92 Å². The van der Waals surface area contributed by atoms with E-state index < -0.39 is 6.10 Å². The minimum atomic E-state index is -0.597. The number of carbonyl (C=O) groups is 1. The second kappa shape index (κ2) is 4.79. The highest BCUT2D eigenvalue weighted by Gasteiger charge is 2.13. The van der Waals surface area contributed by atoms with Gasteiger partial charge in [0.1, 0.15) is 5.75 Å². The van der Waals surface area contributed by atoms with Crippen LogP contribution < -0.4 is 5.32 Å². The molecule has 4 nitrogen and oxygen atoms in total. The van der Waals surface area contributed by atoms with Gasteiger partial charge in [-0.2, -0.15) is 0 Å². The van der Waals surface area contributed by atoms with E-state index in [1.807, 2.05) is 0 Å². The smallest absolute Gasteiger partial charge is 0.255 e. The van der Waals surface area contributed by atoms with Crippen LogP contribution in [-0.2, 0) is 0 Å². The molecule has 0 saturated heterocycles. The van der Waals surface area contributed by atoms with Crippen molar-refractivity contribution in [1.29, 1.82) is 0 Å². The summed E-state index contributed by atoms with van der Waals surface area (Å²) in [6.45, 7) is 3.50. The highest BCUT2D eigenvalue weighted by Crippen LogP contribution is 2.19. The summed E-state index contributed by atoms with van der Waals surface area (Å²) in [4.78, 5) is 11.6. The molecule has 0 spiro atoms. The summed E-state index contributed by atoms with van der Waals surface area (Å²) in [5.41, 5.74) is 0.969. The van der Waals surface area contributed by atoms with E-state index in [0.29, 0.717) is 5.56 Å². The number of rotatable bonds is 3. The number of carbonyl (C=O) groups excluding carboxylic acids is 1. The van der Waals surface area contributed by atoms with Crippen molar-refractivity contribution in [2.24, 2.45) is 0 Å². The number of hydrogen-bond acceptors (Lipinski definition) is 3. The van der Waals surface area contributed by atoms with Crippen molar-refractivity contribution in [1.82, 2.24) is 5.32 Å². The highest BCUT2D eigenvalue weighted by molar-refractivity contribution is 5.98. The monoisotopic (exact) mass is 209 g/mol. The molecule has 0 fully saturated rings. The maximum atomic E-state index is 11.6. The number of aliphatic hydroxyl groups excluding tert-OH is 1. The van der Waals surface area contributed by atoms with Gasteiger partial charge in [-0.3, -0.25) is 4.79 Å². The minimum Gasteiger partial charge on any atom is -0.507 e. The molecular formula is C11H15NO3. The molecule has 82 valence electrons. The summed E-state index contributed by atoms with van der Waals surface area (Å²) in [5, 5.41) is 21.0. The first kappa shape index (κ1) is 11.5. The fraction of sp³-hybridized carbons (Fsp3) is 0.364. The van der Waals surface area contributed by atoms with E-state index in [0.717, 1.165) is 0 Å². The Labute approximate surface area is 88.6 Å². The van der Waals surface area contributed by atoms with Gasteiger partial charge in [-0.1, -0.05) is 12.1 Å². The average Bonchev–Trinajstić information content (AvgIpc) is 2.14. The summed E-state index contributed by atoms with van der Waals surface area (Å²) in [6.07, 6.45) is -0.597. The van der Waals surface area contributed by atoms with Crippen molar-refractivity contribution in [2.75, 3.05) is 6.54 Å². The molecule has 0 aromatic heterocycles. The lowest BCUT2D eigenvalue weighted by molar-refractivity contribution is 0.0920.